The third-order valence-electron chi connectivity index (χ3n) is 3.78. The molecule has 0 radical (unpaired) electrons. The van der Waals surface area contributed by atoms with Gasteiger partial charge in [0.25, 0.3) is 0 Å². The fraction of sp³-hybridized carbons (Fsp3) is 0.846. The van der Waals surface area contributed by atoms with E-state index in [2.05, 4.69) is 17.5 Å². The zero-order valence-corrected chi connectivity index (χ0v) is 9.49. The second kappa shape index (κ2) is 5.66. The Morgan fingerprint density at radius 3 is 2.73 bits per heavy atom. The van der Waals surface area contributed by atoms with Crippen molar-refractivity contribution in [3.63, 3.8) is 0 Å². The van der Waals surface area contributed by atoms with Gasteiger partial charge in [0.2, 0.25) is 0 Å². The molecular weight excluding hydrogens is 186 g/mol. The highest BCUT2D eigenvalue weighted by molar-refractivity contribution is 4.91. The van der Waals surface area contributed by atoms with Gasteiger partial charge in [-0.1, -0.05) is 25.0 Å². The zero-order chi connectivity index (χ0) is 10.5. The summed E-state index contributed by atoms with van der Waals surface area (Å²) in [6.45, 7) is 1.09. The molecule has 15 heavy (non-hydrogen) atoms. The molecule has 1 saturated carbocycles. The Morgan fingerprint density at radius 2 is 2.00 bits per heavy atom. The minimum atomic E-state index is -0.0992. The molecule has 3 atom stereocenters. The molecule has 2 N–H and O–H groups in total. The van der Waals surface area contributed by atoms with E-state index in [4.69, 9.17) is 0 Å². The molecule has 2 heteroatoms. The Bertz CT molecular complexity index is 215. The average molecular weight is 209 g/mol. The molecule has 86 valence electrons. The van der Waals surface area contributed by atoms with Crippen LogP contribution in [-0.4, -0.2) is 23.8 Å². The Morgan fingerprint density at radius 1 is 1.13 bits per heavy atom. The molecule has 2 nitrogen and oxygen atoms in total. The van der Waals surface area contributed by atoms with Crippen LogP contribution in [0.5, 0.6) is 0 Å². The highest BCUT2D eigenvalue weighted by Gasteiger charge is 2.23. The summed E-state index contributed by atoms with van der Waals surface area (Å²) in [5.74, 6) is 0.795. The normalized spacial score (nSPS) is 36.7. The van der Waals surface area contributed by atoms with E-state index < -0.39 is 0 Å². The van der Waals surface area contributed by atoms with Crippen molar-refractivity contribution in [2.45, 2.75) is 57.1 Å². The first-order valence-corrected chi connectivity index (χ1v) is 6.42. The summed E-state index contributed by atoms with van der Waals surface area (Å²) in [6, 6.07) is 0.365. The smallest absolute Gasteiger partial charge is 0.0693 e. The van der Waals surface area contributed by atoms with E-state index in [1.807, 2.05) is 0 Å². The highest BCUT2D eigenvalue weighted by atomic mass is 16.3. The minimum absolute atomic E-state index is 0.0992. The summed E-state index contributed by atoms with van der Waals surface area (Å²) in [5.41, 5.74) is 0. The summed E-state index contributed by atoms with van der Waals surface area (Å²) in [7, 11) is 0. The number of rotatable bonds is 3. The average Bonchev–Trinajstić information content (AvgIpc) is 2.29. The number of aliphatic hydroxyl groups excluding tert-OH is 1. The molecule has 0 amide bonds. The summed E-state index contributed by atoms with van der Waals surface area (Å²) in [4.78, 5) is 0. The van der Waals surface area contributed by atoms with E-state index in [0.29, 0.717) is 6.04 Å². The third kappa shape index (κ3) is 3.32. The maximum Gasteiger partial charge on any atom is 0.0693 e. The summed E-state index contributed by atoms with van der Waals surface area (Å²) < 4.78 is 0. The van der Waals surface area contributed by atoms with E-state index >= 15 is 0 Å². The molecule has 0 saturated heterocycles. The van der Waals surface area contributed by atoms with Crippen molar-refractivity contribution in [2.24, 2.45) is 5.92 Å². The van der Waals surface area contributed by atoms with Gasteiger partial charge >= 0.3 is 0 Å². The number of hydrogen-bond acceptors (Lipinski definition) is 2. The molecule has 0 aromatic heterocycles. The Balaban J connectivity index is 1.69. The third-order valence-corrected chi connectivity index (χ3v) is 3.78. The van der Waals surface area contributed by atoms with Gasteiger partial charge in [0, 0.05) is 6.04 Å². The second-order valence-corrected chi connectivity index (χ2v) is 5.02. The fourth-order valence-corrected chi connectivity index (χ4v) is 2.71. The van der Waals surface area contributed by atoms with Gasteiger partial charge in [-0.05, 0) is 44.6 Å². The molecule has 0 aromatic rings. The first kappa shape index (κ1) is 11.2. The van der Waals surface area contributed by atoms with Gasteiger partial charge in [-0.15, -0.1) is 0 Å². The van der Waals surface area contributed by atoms with Crippen LogP contribution < -0.4 is 5.32 Å². The fourth-order valence-electron chi connectivity index (χ4n) is 2.71. The molecule has 0 bridgehead atoms. The lowest BCUT2D eigenvalue weighted by molar-refractivity contribution is 0.0886. The van der Waals surface area contributed by atoms with Crippen molar-refractivity contribution in [1.29, 1.82) is 0 Å². The number of aliphatic hydroxyl groups is 1. The second-order valence-electron chi connectivity index (χ2n) is 5.02. The number of nitrogens with one attached hydrogen (secondary N) is 1. The van der Waals surface area contributed by atoms with Crippen LogP contribution in [0.25, 0.3) is 0 Å². The lowest BCUT2D eigenvalue weighted by Gasteiger charge is -2.30. The van der Waals surface area contributed by atoms with Crippen LogP contribution in [-0.2, 0) is 0 Å². The molecule has 0 spiro atoms. The highest BCUT2D eigenvalue weighted by Crippen LogP contribution is 2.21. The van der Waals surface area contributed by atoms with Crippen molar-refractivity contribution in [2.75, 3.05) is 6.54 Å². The van der Waals surface area contributed by atoms with Crippen LogP contribution >= 0.6 is 0 Å². The van der Waals surface area contributed by atoms with Gasteiger partial charge < -0.3 is 10.4 Å². The number of hydrogen-bond donors (Lipinski definition) is 2. The van der Waals surface area contributed by atoms with Crippen molar-refractivity contribution in [3.8, 4) is 0 Å². The zero-order valence-electron chi connectivity index (χ0n) is 9.49. The van der Waals surface area contributed by atoms with E-state index in [-0.39, 0.29) is 6.10 Å². The molecule has 0 aliphatic heterocycles. The minimum Gasteiger partial charge on any atom is -0.392 e. The molecule has 2 aliphatic carbocycles. The molecule has 2 aliphatic rings. The van der Waals surface area contributed by atoms with Crippen LogP contribution in [0, 0.1) is 5.92 Å². The van der Waals surface area contributed by atoms with Gasteiger partial charge in [0.1, 0.15) is 0 Å². The topological polar surface area (TPSA) is 32.3 Å². The van der Waals surface area contributed by atoms with E-state index in [1.165, 1.54) is 32.1 Å². The van der Waals surface area contributed by atoms with Gasteiger partial charge in [-0.2, -0.15) is 0 Å². The quantitative estimate of drug-likeness (QED) is 0.699. The predicted octanol–water partition coefficient (Wildman–Crippen LogP) is 2.24. The molecule has 0 heterocycles. The predicted molar refractivity (Wildman–Crippen MR) is 62.7 cm³/mol. The molecular formula is C13H23NO. The van der Waals surface area contributed by atoms with E-state index in [1.54, 1.807) is 0 Å². The van der Waals surface area contributed by atoms with Crippen LogP contribution in [0.2, 0.25) is 0 Å². The Kier molecular flexibility index (Phi) is 4.21. The Labute approximate surface area is 92.8 Å². The van der Waals surface area contributed by atoms with Gasteiger partial charge in [-0.3, -0.25) is 0 Å². The van der Waals surface area contributed by atoms with Crippen molar-refractivity contribution in [1.82, 2.24) is 5.32 Å². The van der Waals surface area contributed by atoms with Crippen LogP contribution in [0.15, 0.2) is 12.2 Å². The van der Waals surface area contributed by atoms with Crippen LogP contribution in [0.1, 0.15) is 44.9 Å². The standard InChI is InChI=1S/C13H23NO/c15-13-9-5-4-8-12(13)14-10-11-6-2-1-3-7-11/h1-2,11-15H,3-10H2/t11-,12-,13+/m0/s1. The SMILES string of the molecule is O[C@@H]1CCCC[C@@H]1NC[C@H]1CC=CCC1. The van der Waals surface area contributed by atoms with Gasteiger partial charge in [0.05, 0.1) is 6.10 Å². The van der Waals surface area contributed by atoms with Crippen LogP contribution in [0.3, 0.4) is 0 Å². The molecule has 0 aromatic carbocycles. The summed E-state index contributed by atoms with van der Waals surface area (Å²) in [6.07, 6.45) is 12.9. The van der Waals surface area contributed by atoms with E-state index in [9.17, 15) is 5.11 Å². The van der Waals surface area contributed by atoms with Crippen LogP contribution in [0.4, 0.5) is 0 Å². The lowest BCUT2D eigenvalue weighted by atomic mass is 9.90. The lowest BCUT2D eigenvalue weighted by Crippen LogP contribution is -2.44. The summed E-state index contributed by atoms with van der Waals surface area (Å²) >= 11 is 0. The molecule has 0 unspecified atom stereocenters. The van der Waals surface area contributed by atoms with E-state index in [0.717, 1.165) is 25.3 Å². The Hall–Kier alpha value is -0.340. The first-order chi connectivity index (χ1) is 7.36. The van der Waals surface area contributed by atoms with Crippen molar-refractivity contribution < 1.29 is 5.11 Å². The first-order valence-electron chi connectivity index (χ1n) is 6.42. The van der Waals surface area contributed by atoms with Gasteiger partial charge in [-0.25, -0.2) is 0 Å². The molecule has 1 fully saturated rings. The largest absolute Gasteiger partial charge is 0.392 e. The van der Waals surface area contributed by atoms with Crippen molar-refractivity contribution >= 4 is 0 Å². The summed E-state index contributed by atoms with van der Waals surface area (Å²) in [5, 5.41) is 13.4. The maximum atomic E-state index is 9.82. The van der Waals surface area contributed by atoms with Crippen molar-refractivity contribution in [3.05, 3.63) is 12.2 Å². The molecule has 2 rings (SSSR count). The van der Waals surface area contributed by atoms with Gasteiger partial charge in [0.15, 0.2) is 0 Å². The monoisotopic (exact) mass is 209 g/mol. The number of allylic oxidation sites excluding steroid dienone is 2. The maximum absolute atomic E-state index is 9.82.